The maximum atomic E-state index is 13.3. The highest BCUT2D eigenvalue weighted by atomic mass is 16.6. The number of likely N-dealkylation sites (N-methyl/N-ethyl adjacent to an activating group) is 1. The second-order valence-corrected chi connectivity index (χ2v) is 15.2. The van der Waals surface area contributed by atoms with Crippen LogP contribution in [0.3, 0.4) is 0 Å². The van der Waals surface area contributed by atoms with Crippen LogP contribution in [0.4, 0.5) is 16.3 Å². The SMILES string of the molecule is Cc1cc2c(cnn2C2CCCCO2)c(N2CCc3c(nc(OC[C@@H]4CCCN4C)nc3N3CCN(C(=O)OCc4ccccc4)[C@@H](CC#N)C3)C2)c1C. The lowest BCUT2D eigenvalue weighted by molar-refractivity contribution is -0.0366. The number of benzene rings is 2. The van der Waals surface area contributed by atoms with Crippen LogP contribution >= 0.6 is 0 Å². The Hall–Kier alpha value is -4.93. The van der Waals surface area contributed by atoms with Gasteiger partial charge in [0.1, 0.15) is 19.0 Å². The average Bonchev–Trinajstić information content (AvgIpc) is 3.82. The first-order valence-electron chi connectivity index (χ1n) is 19.5. The van der Waals surface area contributed by atoms with E-state index in [-0.39, 0.29) is 25.3 Å². The van der Waals surface area contributed by atoms with E-state index < -0.39 is 6.09 Å². The van der Waals surface area contributed by atoms with Gasteiger partial charge in [-0.1, -0.05) is 30.3 Å². The molecular formula is C41H51N9O4. The Morgan fingerprint density at radius 1 is 1.02 bits per heavy atom. The third kappa shape index (κ3) is 7.29. The van der Waals surface area contributed by atoms with Crippen LogP contribution in [0.25, 0.3) is 10.9 Å². The normalized spacial score (nSPS) is 22.0. The van der Waals surface area contributed by atoms with E-state index in [1.165, 1.54) is 16.8 Å². The molecule has 2 aromatic carbocycles. The van der Waals surface area contributed by atoms with Crippen molar-refractivity contribution in [3.63, 3.8) is 0 Å². The Morgan fingerprint density at radius 2 is 1.89 bits per heavy atom. The minimum Gasteiger partial charge on any atom is -0.462 e. The maximum Gasteiger partial charge on any atom is 0.410 e. The molecular weight excluding hydrogens is 683 g/mol. The lowest BCUT2D eigenvalue weighted by atomic mass is 9.99. The van der Waals surface area contributed by atoms with Crippen molar-refractivity contribution in [2.75, 3.05) is 62.8 Å². The van der Waals surface area contributed by atoms with Crippen LogP contribution < -0.4 is 14.5 Å². The predicted molar refractivity (Wildman–Crippen MR) is 206 cm³/mol. The van der Waals surface area contributed by atoms with E-state index in [0.29, 0.717) is 44.8 Å². The molecule has 6 heterocycles. The van der Waals surface area contributed by atoms with Gasteiger partial charge >= 0.3 is 12.1 Å². The van der Waals surface area contributed by atoms with Crippen LogP contribution in [-0.2, 0) is 29.0 Å². The average molecular weight is 734 g/mol. The van der Waals surface area contributed by atoms with Gasteiger partial charge in [0, 0.05) is 49.8 Å². The highest BCUT2D eigenvalue weighted by molar-refractivity contribution is 5.95. The van der Waals surface area contributed by atoms with Gasteiger partial charge in [0.2, 0.25) is 0 Å². The van der Waals surface area contributed by atoms with Gasteiger partial charge < -0.3 is 33.8 Å². The molecule has 1 amide bonds. The molecule has 284 valence electrons. The summed E-state index contributed by atoms with van der Waals surface area (Å²) in [4.78, 5) is 32.2. The summed E-state index contributed by atoms with van der Waals surface area (Å²) >= 11 is 0. The predicted octanol–water partition coefficient (Wildman–Crippen LogP) is 5.92. The molecule has 3 fully saturated rings. The Labute approximate surface area is 317 Å². The summed E-state index contributed by atoms with van der Waals surface area (Å²) < 4.78 is 20.4. The van der Waals surface area contributed by atoms with Crippen LogP contribution in [0.1, 0.15) is 72.7 Å². The van der Waals surface area contributed by atoms with E-state index in [9.17, 15) is 10.1 Å². The van der Waals surface area contributed by atoms with Crippen molar-refractivity contribution in [2.45, 2.75) is 90.3 Å². The largest absolute Gasteiger partial charge is 0.462 e. The van der Waals surface area contributed by atoms with Crippen LogP contribution in [0.2, 0.25) is 0 Å². The van der Waals surface area contributed by atoms with Gasteiger partial charge in [-0.25, -0.2) is 9.48 Å². The standard InChI is InChI=1S/C41H51N9O4/c1-28-22-36-34(23-43-50(36)37-13-7-8-21-52-37)38(29(28)2)47-18-15-33-35(25-47)44-40(53-27-32-12-9-17-46(32)3)45-39(33)48-19-20-49(31(24-48)14-16-42)41(51)54-26-30-10-5-4-6-11-30/h4-6,10-11,22-23,31-32,37H,7-9,12-15,17-21,24-27H2,1-3H3/t31-,32-,37?/m0/s1. The van der Waals surface area contributed by atoms with Gasteiger partial charge in [-0.2, -0.15) is 20.3 Å². The van der Waals surface area contributed by atoms with E-state index in [2.05, 4.69) is 52.4 Å². The van der Waals surface area contributed by atoms with Crippen molar-refractivity contribution in [3.05, 3.63) is 70.5 Å². The minimum absolute atomic E-state index is 0.0433. The summed E-state index contributed by atoms with van der Waals surface area (Å²) in [6, 6.07) is 14.6. The first-order valence-corrected chi connectivity index (χ1v) is 19.5. The van der Waals surface area contributed by atoms with E-state index in [4.69, 9.17) is 29.3 Å². The molecule has 4 aromatic rings. The zero-order chi connectivity index (χ0) is 37.2. The number of rotatable bonds is 9. The maximum absolute atomic E-state index is 13.3. The fourth-order valence-corrected chi connectivity index (χ4v) is 8.59. The molecule has 4 aliphatic heterocycles. The fraction of sp³-hybridized carbons (Fsp3) is 0.537. The lowest BCUT2D eigenvalue weighted by Crippen LogP contribution is -2.55. The molecule has 0 aliphatic carbocycles. The topological polar surface area (TPSA) is 125 Å². The van der Waals surface area contributed by atoms with Crippen molar-refractivity contribution in [1.82, 2.24) is 29.5 Å². The van der Waals surface area contributed by atoms with E-state index in [1.807, 2.05) is 36.5 Å². The number of fused-ring (bicyclic) bond motifs is 2. The van der Waals surface area contributed by atoms with Gasteiger partial charge in [0.25, 0.3) is 0 Å². The molecule has 13 heteroatoms. The summed E-state index contributed by atoms with van der Waals surface area (Å²) in [6.07, 6.45) is 7.93. The van der Waals surface area contributed by atoms with Gasteiger partial charge in [0.15, 0.2) is 6.23 Å². The number of anilines is 2. The number of aryl methyl sites for hydroxylation is 1. The molecule has 8 rings (SSSR count). The zero-order valence-electron chi connectivity index (χ0n) is 31.7. The first kappa shape index (κ1) is 36.1. The fourth-order valence-electron chi connectivity index (χ4n) is 8.59. The minimum atomic E-state index is -0.401. The number of carbonyl (C=O) groups excluding carboxylic acids is 1. The third-order valence-corrected chi connectivity index (χ3v) is 11.8. The number of ether oxygens (including phenoxy) is 3. The summed E-state index contributed by atoms with van der Waals surface area (Å²) in [5.74, 6) is 0.836. The van der Waals surface area contributed by atoms with Crippen molar-refractivity contribution in [3.8, 4) is 12.1 Å². The van der Waals surface area contributed by atoms with Crippen molar-refractivity contribution in [1.29, 1.82) is 5.26 Å². The molecule has 0 spiro atoms. The van der Waals surface area contributed by atoms with Gasteiger partial charge in [-0.05, 0) is 88.7 Å². The number of nitriles is 1. The molecule has 2 aromatic heterocycles. The number of likely N-dealkylation sites (tertiary alicyclic amines) is 1. The number of amides is 1. The smallest absolute Gasteiger partial charge is 0.410 e. The Morgan fingerprint density at radius 3 is 2.67 bits per heavy atom. The molecule has 4 aliphatic rings. The molecule has 54 heavy (non-hydrogen) atoms. The highest BCUT2D eigenvalue weighted by Gasteiger charge is 2.35. The van der Waals surface area contributed by atoms with E-state index in [1.54, 1.807) is 4.90 Å². The number of carbonyl (C=O) groups is 1. The highest BCUT2D eigenvalue weighted by Crippen LogP contribution is 2.39. The third-order valence-electron chi connectivity index (χ3n) is 11.8. The van der Waals surface area contributed by atoms with Crippen molar-refractivity contribution >= 4 is 28.5 Å². The molecule has 3 atom stereocenters. The van der Waals surface area contributed by atoms with Crippen LogP contribution in [0.15, 0.2) is 42.6 Å². The number of hydrogen-bond acceptors (Lipinski definition) is 11. The number of piperazine rings is 1. The number of hydrogen-bond donors (Lipinski definition) is 0. The molecule has 13 nitrogen and oxygen atoms in total. The summed E-state index contributed by atoms with van der Waals surface area (Å²) in [5.41, 5.74) is 7.71. The van der Waals surface area contributed by atoms with Crippen LogP contribution in [0, 0.1) is 25.2 Å². The number of aromatic nitrogens is 4. The zero-order valence-corrected chi connectivity index (χ0v) is 31.7. The molecule has 0 bridgehead atoms. The van der Waals surface area contributed by atoms with Crippen molar-refractivity contribution < 1.29 is 19.0 Å². The Bertz CT molecular complexity index is 2010. The van der Waals surface area contributed by atoms with Gasteiger partial charge in [-0.3, -0.25) is 0 Å². The lowest BCUT2D eigenvalue weighted by Gasteiger charge is -2.42. The van der Waals surface area contributed by atoms with Crippen molar-refractivity contribution in [2.24, 2.45) is 0 Å². The second kappa shape index (κ2) is 15.8. The molecule has 3 saturated heterocycles. The van der Waals surface area contributed by atoms with E-state index in [0.717, 1.165) is 91.8 Å². The first-order chi connectivity index (χ1) is 26.4. The van der Waals surface area contributed by atoms with E-state index >= 15 is 0 Å². The van der Waals surface area contributed by atoms with Crippen LogP contribution in [0.5, 0.6) is 6.01 Å². The Balaban J connectivity index is 1.08. The monoisotopic (exact) mass is 733 g/mol. The summed E-state index contributed by atoms with van der Waals surface area (Å²) in [5, 5.41) is 15.8. The number of nitrogens with zero attached hydrogens (tertiary/aromatic N) is 9. The summed E-state index contributed by atoms with van der Waals surface area (Å²) in [7, 11) is 2.14. The van der Waals surface area contributed by atoms with Crippen LogP contribution in [-0.4, -0.2) is 101 Å². The molecule has 0 saturated carbocycles. The summed E-state index contributed by atoms with van der Waals surface area (Å²) in [6.45, 7) is 9.74. The Kier molecular flexibility index (Phi) is 10.6. The molecule has 0 radical (unpaired) electrons. The van der Waals surface area contributed by atoms with Gasteiger partial charge in [-0.15, -0.1) is 0 Å². The second-order valence-electron chi connectivity index (χ2n) is 15.2. The molecule has 1 unspecified atom stereocenters. The molecule has 0 N–H and O–H groups in total. The van der Waals surface area contributed by atoms with Gasteiger partial charge in [0.05, 0.1) is 48.2 Å². The quantitative estimate of drug-likeness (QED) is 0.204.